The summed E-state index contributed by atoms with van der Waals surface area (Å²) >= 11 is 0. The minimum absolute atomic E-state index is 0.999. The fourth-order valence-corrected chi connectivity index (χ4v) is 1.83. The number of allylic oxidation sites excluding steroid dienone is 5. The van der Waals surface area contributed by atoms with Crippen molar-refractivity contribution in [3.63, 3.8) is 0 Å². The highest BCUT2D eigenvalue weighted by Crippen LogP contribution is 2.22. The van der Waals surface area contributed by atoms with Crippen molar-refractivity contribution in [2.24, 2.45) is 0 Å². The highest BCUT2D eigenvalue weighted by atomic mass is 14.7. The molecule has 0 spiro atoms. The van der Waals surface area contributed by atoms with Gasteiger partial charge < -0.3 is 0 Å². The lowest BCUT2D eigenvalue weighted by Crippen LogP contribution is -1.84. The number of aromatic nitrogens is 1. The molecule has 0 radical (unpaired) electrons. The van der Waals surface area contributed by atoms with Crippen LogP contribution in [0.4, 0.5) is 0 Å². The molecule has 0 atom stereocenters. The van der Waals surface area contributed by atoms with Crippen molar-refractivity contribution in [1.29, 1.82) is 0 Å². The number of nitrogens with zero attached hydrogens (tertiary/aromatic N) is 1. The molecule has 0 fully saturated rings. The van der Waals surface area contributed by atoms with Crippen LogP contribution in [0.25, 0.3) is 16.8 Å². The third-order valence-corrected chi connectivity index (χ3v) is 2.87. The first-order valence-corrected chi connectivity index (χ1v) is 6.29. The summed E-state index contributed by atoms with van der Waals surface area (Å²) < 4.78 is 0. The number of pyridine rings is 1. The molecule has 0 amide bonds. The van der Waals surface area contributed by atoms with Crippen molar-refractivity contribution >= 4 is 5.57 Å². The van der Waals surface area contributed by atoms with Gasteiger partial charge in [-0.05, 0) is 36.3 Å². The molecule has 1 nitrogen and oxygen atoms in total. The van der Waals surface area contributed by atoms with Gasteiger partial charge in [-0.25, -0.2) is 0 Å². The first-order chi connectivity index (χ1) is 9.31. The minimum atomic E-state index is 0.999. The Hall–Kier alpha value is -2.41. The van der Waals surface area contributed by atoms with Crippen LogP contribution < -0.4 is 0 Å². The van der Waals surface area contributed by atoms with Gasteiger partial charge in [0.25, 0.3) is 0 Å². The first kappa shape index (κ1) is 13.0. The highest BCUT2D eigenvalue weighted by Gasteiger charge is 2.00. The summed E-state index contributed by atoms with van der Waals surface area (Å²) in [6, 6.07) is 14.4. The smallest absolute Gasteiger partial charge is 0.0702 e. The van der Waals surface area contributed by atoms with Crippen molar-refractivity contribution in [1.82, 2.24) is 4.98 Å². The predicted octanol–water partition coefficient (Wildman–Crippen LogP) is 4.89. The van der Waals surface area contributed by atoms with Crippen molar-refractivity contribution < 1.29 is 0 Å². The Morgan fingerprint density at radius 1 is 1.11 bits per heavy atom. The predicted molar refractivity (Wildman–Crippen MR) is 82.7 cm³/mol. The third kappa shape index (κ3) is 3.52. The molecule has 0 saturated carbocycles. The maximum absolute atomic E-state index is 4.38. The average molecular weight is 247 g/mol. The molecule has 1 aromatic heterocycles. The van der Waals surface area contributed by atoms with Gasteiger partial charge in [-0.2, -0.15) is 0 Å². The summed E-state index contributed by atoms with van der Waals surface area (Å²) in [5, 5.41) is 0. The van der Waals surface area contributed by atoms with Gasteiger partial charge in [0.2, 0.25) is 0 Å². The van der Waals surface area contributed by atoms with Crippen LogP contribution in [0.2, 0.25) is 0 Å². The maximum Gasteiger partial charge on any atom is 0.0702 e. The lowest BCUT2D eigenvalue weighted by atomic mass is 10.0. The Balaban J connectivity index is 2.32. The zero-order chi connectivity index (χ0) is 13.5. The molecule has 19 heavy (non-hydrogen) atoms. The molecule has 0 aliphatic heterocycles. The van der Waals surface area contributed by atoms with Crippen LogP contribution in [-0.4, -0.2) is 4.98 Å². The molecule has 1 aromatic carbocycles. The van der Waals surface area contributed by atoms with E-state index < -0.39 is 0 Å². The zero-order valence-electron chi connectivity index (χ0n) is 11.1. The van der Waals surface area contributed by atoms with E-state index in [0.717, 1.165) is 11.3 Å². The van der Waals surface area contributed by atoms with E-state index >= 15 is 0 Å². The fourth-order valence-electron chi connectivity index (χ4n) is 1.83. The van der Waals surface area contributed by atoms with E-state index in [2.05, 4.69) is 48.8 Å². The Labute approximate surface area is 114 Å². The monoisotopic (exact) mass is 247 g/mol. The van der Waals surface area contributed by atoms with Gasteiger partial charge in [0.05, 0.1) is 5.69 Å². The van der Waals surface area contributed by atoms with Gasteiger partial charge in [0.15, 0.2) is 0 Å². The largest absolute Gasteiger partial charge is 0.256 e. The molecule has 0 aliphatic rings. The quantitative estimate of drug-likeness (QED) is 0.701. The van der Waals surface area contributed by atoms with Gasteiger partial charge in [0, 0.05) is 11.8 Å². The Morgan fingerprint density at radius 2 is 2.00 bits per heavy atom. The molecule has 94 valence electrons. The van der Waals surface area contributed by atoms with E-state index in [1.165, 1.54) is 11.1 Å². The third-order valence-electron chi connectivity index (χ3n) is 2.87. The van der Waals surface area contributed by atoms with Crippen molar-refractivity contribution in [2.75, 3.05) is 0 Å². The normalized spacial score (nSPS) is 11.7. The molecule has 1 heterocycles. The van der Waals surface area contributed by atoms with Crippen LogP contribution in [-0.2, 0) is 0 Å². The number of benzene rings is 1. The molecule has 0 N–H and O–H groups in total. The summed E-state index contributed by atoms with van der Waals surface area (Å²) in [6.07, 6.45) is 9.59. The average Bonchev–Trinajstić information content (AvgIpc) is 2.48. The lowest BCUT2D eigenvalue weighted by molar-refractivity contribution is 1.32. The van der Waals surface area contributed by atoms with Gasteiger partial charge in [-0.3, -0.25) is 4.98 Å². The van der Waals surface area contributed by atoms with Gasteiger partial charge >= 0.3 is 0 Å². The van der Waals surface area contributed by atoms with Gasteiger partial charge in [-0.1, -0.05) is 55.1 Å². The Bertz CT molecular complexity index is 607. The number of rotatable bonds is 4. The van der Waals surface area contributed by atoms with Crippen LogP contribution in [0.15, 0.2) is 79.5 Å². The van der Waals surface area contributed by atoms with Gasteiger partial charge in [-0.15, -0.1) is 0 Å². The number of hydrogen-bond acceptors (Lipinski definition) is 1. The van der Waals surface area contributed by atoms with Crippen LogP contribution in [0.3, 0.4) is 0 Å². The molecular weight excluding hydrogens is 230 g/mol. The van der Waals surface area contributed by atoms with Gasteiger partial charge in [0.1, 0.15) is 0 Å². The van der Waals surface area contributed by atoms with E-state index in [-0.39, 0.29) is 0 Å². The van der Waals surface area contributed by atoms with Crippen molar-refractivity contribution in [3.8, 4) is 11.3 Å². The second-order valence-corrected chi connectivity index (χ2v) is 4.27. The van der Waals surface area contributed by atoms with E-state index in [0.29, 0.717) is 0 Å². The molecule has 0 unspecified atom stereocenters. The van der Waals surface area contributed by atoms with Crippen LogP contribution in [0.1, 0.15) is 12.5 Å². The topological polar surface area (TPSA) is 12.9 Å². The van der Waals surface area contributed by atoms with Crippen molar-refractivity contribution in [3.05, 3.63) is 85.1 Å². The summed E-state index contributed by atoms with van der Waals surface area (Å²) in [5.41, 5.74) is 4.56. The Kier molecular flexibility index (Phi) is 4.46. The summed E-state index contributed by atoms with van der Waals surface area (Å²) in [5.74, 6) is 0. The molecule has 2 aromatic rings. The van der Waals surface area contributed by atoms with Crippen LogP contribution in [0.5, 0.6) is 0 Å². The highest BCUT2D eigenvalue weighted by molar-refractivity contribution is 5.71. The minimum Gasteiger partial charge on any atom is -0.256 e. The van der Waals surface area contributed by atoms with E-state index in [1.807, 2.05) is 36.5 Å². The van der Waals surface area contributed by atoms with E-state index in [9.17, 15) is 0 Å². The molecule has 0 saturated heterocycles. The fraction of sp³-hybridized carbons (Fsp3) is 0.0556. The molecule has 0 aliphatic carbocycles. The maximum atomic E-state index is 4.38. The summed E-state index contributed by atoms with van der Waals surface area (Å²) in [6.45, 7) is 5.76. The zero-order valence-corrected chi connectivity index (χ0v) is 11.1. The SMILES string of the molecule is C=C/C=C\C=C(/C)c1cccc(-c2ccccn2)c1. The van der Waals surface area contributed by atoms with E-state index in [4.69, 9.17) is 0 Å². The van der Waals surface area contributed by atoms with Crippen LogP contribution >= 0.6 is 0 Å². The number of hydrogen-bond donors (Lipinski definition) is 0. The van der Waals surface area contributed by atoms with Crippen LogP contribution in [0, 0.1) is 0 Å². The van der Waals surface area contributed by atoms with E-state index in [1.54, 1.807) is 6.08 Å². The molecule has 1 heteroatoms. The summed E-state index contributed by atoms with van der Waals surface area (Å²) in [7, 11) is 0. The second-order valence-electron chi connectivity index (χ2n) is 4.27. The molecule has 0 bridgehead atoms. The first-order valence-electron chi connectivity index (χ1n) is 6.29. The molecular formula is C18H17N. The van der Waals surface area contributed by atoms with Crippen molar-refractivity contribution in [2.45, 2.75) is 6.92 Å². The standard InChI is InChI=1S/C18H17N/c1-3-4-5-9-15(2)16-10-8-11-17(14-16)18-12-6-7-13-19-18/h3-14H,1H2,2H3/b5-4-,15-9+. The lowest BCUT2D eigenvalue weighted by Gasteiger charge is -2.05. The summed E-state index contributed by atoms with van der Waals surface area (Å²) in [4.78, 5) is 4.38. The molecule has 2 rings (SSSR count). The Morgan fingerprint density at radius 3 is 2.74 bits per heavy atom. The second kappa shape index (κ2) is 6.50.